The van der Waals surface area contributed by atoms with Crippen LogP contribution in [0.3, 0.4) is 0 Å². The highest BCUT2D eigenvalue weighted by atomic mass is 35.5. The number of rotatable bonds is 3. The third-order valence-corrected chi connectivity index (χ3v) is 3.27. The maximum absolute atomic E-state index is 10.9. The average Bonchev–Trinajstić information content (AvgIpc) is 2.34. The average molecular weight is 283 g/mol. The molecule has 0 bridgehead atoms. The number of nitrogens with zero attached hydrogens (tertiary/aromatic N) is 2. The Morgan fingerprint density at radius 1 is 1.33 bits per heavy atom. The van der Waals surface area contributed by atoms with Crippen molar-refractivity contribution in [3.8, 4) is 5.75 Å². The van der Waals surface area contributed by atoms with Crippen LogP contribution in [0, 0.1) is 10.1 Å². The number of hydrogen-bond donors (Lipinski definition) is 1. The van der Waals surface area contributed by atoms with Crippen molar-refractivity contribution >= 4 is 29.1 Å². The number of hydrogen-bond acceptors (Lipinski definition) is 5. The summed E-state index contributed by atoms with van der Waals surface area (Å²) < 4.78 is 0. The first-order chi connectivity index (χ1) is 8.56. The van der Waals surface area contributed by atoms with Crippen LogP contribution >= 0.6 is 23.4 Å². The SMILES string of the molecule is O=[N+]([O-])c1cc(Cl)cnc1Sc1ccc(O)cc1. The molecule has 1 heterocycles. The van der Waals surface area contributed by atoms with Gasteiger partial charge in [0.25, 0.3) is 0 Å². The van der Waals surface area contributed by atoms with Crippen LogP contribution in [0.1, 0.15) is 0 Å². The van der Waals surface area contributed by atoms with Crippen molar-refractivity contribution in [2.45, 2.75) is 9.92 Å². The van der Waals surface area contributed by atoms with Crippen LogP contribution in [-0.4, -0.2) is 15.0 Å². The molecule has 7 heteroatoms. The molecule has 1 aromatic carbocycles. The standard InChI is InChI=1S/C11H7ClN2O3S/c12-7-5-10(14(16)17)11(13-6-7)18-9-3-1-8(15)2-4-9/h1-6,15H. The quantitative estimate of drug-likeness (QED) is 0.689. The van der Waals surface area contributed by atoms with Gasteiger partial charge in [0.05, 0.1) is 9.95 Å². The van der Waals surface area contributed by atoms with Crippen LogP contribution in [0.4, 0.5) is 5.69 Å². The lowest BCUT2D eigenvalue weighted by molar-refractivity contribution is -0.388. The van der Waals surface area contributed by atoms with Crippen molar-refractivity contribution < 1.29 is 10.0 Å². The molecule has 5 nitrogen and oxygen atoms in total. The summed E-state index contributed by atoms with van der Waals surface area (Å²) >= 11 is 6.81. The molecule has 0 aliphatic carbocycles. The summed E-state index contributed by atoms with van der Waals surface area (Å²) in [5.74, 6) is 0.137. The van der Waals surface area contributed by atoms with Crippen LogP contribution in [0.5, 0.6) is 5.75 Å². The molecule has 0 aliphatic heterocycles. The number of phenolic OH excluding ortho intramolecular Hbond substituents is 1. The lowest BCUT2D eigenvalue weighted by Gasteiger charge is -2.02. The van der Waals surface area contributed by atoms with Crippen molar-refractivity contribution in [1.82, 2.24) is 4.98 Å². The van der Waals surface area contributed by atoms with Crippen molar-refractivity contribution in [2.75, 3.05) is 0 Å². The van der Waals surface area contributed by atoms with Gasteiger partial charge in [0.2, 0.25) is 0 Å². The van der Waals surface area contributed by atoms with E-state index in [-0.39, 0.29) is 21.5 Å². The molecule has 2 aromatic rings. The Balaban J connectivity index is 2.34. The molecule has 0 unspecified atom stereocenters. The Labute approximate surface area is 112 Å². The molecule has 0 saturated carbocycles. The molecule has 0 amide bonds. The van der Waals surface area contributed by atoms with Gasteiger partial charge in [-0.2, -0.15) is 0 Å². The van der Waals surface area contributed by atoms with E-state index < -0.39 is 4.92 Å². The van der Waals surface area contributed by atoms with Gasteiger partial charge < -0.3 is 5.11 Å². The fourth-order valence-corrected chi connectivity index (χ4v) is 2.24. The predicted octanol–water partition coefficient (Wildman–Crippen LogP) is 3.50. The third-order valence-electron chi connectivity index (χ3n) is 2.05. The summed E-state index contributed by atoms with van der Waals surface area (Å²) in [4.78, 5) is 15.0. The van der Waals surface area contributed by atoms with Crippen LogP contribution in [0.2, 0.25) is 5.02 Å². The van der Waals surface area contributed by atoms with E-state index in [2.05, 4.69) is 4.98 Å². The highest BCUT2D eigenvalue weighted by Crippen LogP contribution is 2.34. The molecule has 1 N–H and O–H groups in total. The van der Waals surface area contributed by atoms with Crippen molar-refractivity contribution in [3.63, 3.8) is 0 Å². The van der Waals surface area contributed by atoms with E-state index in [0.717, 1.165) is 16.7 Å². The van der Waals surface area contributed by atoms with Crippen molar-refractivity contribution in [3.05, 3.63) is 51.7 Å². The molecular formula is C11H7ClN2O3S. The molecular weight excluding hydrogens is 276 g/mol. The fraction of sp³-hybridized carbons (Fsp3) is 0. The Kier molecular flexibility index (Phi) is 3.69. The largest absolute Gasteiger partial charge is 0.508 e. The molecule has 92 valence electrons. The Morgan fingerprint density at radius 2 is 2.00 bits per heavy atom. The number of aromatic nitrogens is 1. The smallest absolute Gasteiger partial charge is 0.303 e. The zero-order valence-corrected chi connectivity index (χ0v) is 10.5. The maximum atomic E-state index is 10.9. The number of benzene rings is 1. The van der Waals surface area contributed by atoms with Gasteiger partial charge in [-0.15, -0.1) is 0 Å². The lowest BCUT2D eigenvalue weighted by atomic mass is 10.3. The van der Waals surface area contributed by atoms with Gasteiger partial charge in [-0.1, -0.05) is 23.4 Å². The first-order valence-electron chi connectivity index (χ1n) is 4.83. The van der Waals surface area contributed by atoms with Gasteiger partial charge in [-0.05, 0) is 24.3 Å². The van der Waals surface area contributed by atoms with Crippen LogP contribution < -0.4 is 0 Å². The van der Waals surface area contributed by atoms with E-state index in [1.165, 1.54) is 24.4 Å². The monoisotopic (exact) mass is 282 g/mol. The second kappa shape index (κ2) is 5.24. The minimum absolute atomic E-state index is 0.137. The number of nitro groups is 1. The Hall–Kier alpha value is -1.79. The topological polar surface area (TPSA) is 76.3 Å². The lowest BCUT2D eigenvalue weighted by Crippen LogP contribution is -1.93. The molecule has 1 aromatic heterocycles. The number of phenols is 1. The summed E-state index contributed by atoms with van der Waals surface area (Å²) in [6, 6.07) is 7.57. The van der Waals surface area contributed by atoms with Crippen molar-refractivity contribution in [1.29, 1.82) is 0 Å². The van der Waals surface area contributed by atoms with Crippen LogP contribution in [0.25, 0.3) is 0 Å². The highest BCUT2D eigenvalue weighted by Gasteiger charge is 2.17. The molecule has 2 rings (SSSR count). The van der Waals surface area contributed by atoms with Gasteiger partial charge in [0.15, 0.2) is 5.03 Å². The van der Waals surface area contributed by atoms with Gasteiger partial charge in [0.1, 0.15) is 5.75 Å². The number of pyridine rings is 1. The van der Waals surface area contributed by atoms with Gasteiger partial charge >= 0.3 is 5.69 Å². The number of aromatic hydroxyl groups is 1. The zero-order valence-electron chi connectivity index (χ0n) is 8.91. The maximum Gasteiger partial charge on any atom is 0.303 e. The normalized spacial score (nSPS) is 10.3. The van der Waals surface area contributed by atoms with Gasteiger partial charge in [0, 0.05) is 17.2 Å². The predicted molar refractivity (Wildman–Crippen MR) is 68.1 cm³/mol. The van der Waals surface area contributed by atoms with E-state index in [0.29, 0.717) is 0 Å². The second-order valence-corrected chi connectivity index (χ2v) is 4.83. The zero-order chi connectivity index (χ0) is 13.1. The van der Waals surface area contributed by atoms with E-state index in [1.807, 2.05) is 0 Å². The second-order valence-electron chi connectivity index (χ2n) is 3.33. The Bertz CT molecular complexity index is 589. The minimum Gasteiger partial charge on any atom is -0.508 e. The summed E-state index contributed by atoms with van der Waals surface area (Å²) in [7, 11) is 0. The van der Waals surface area contributed by atoms with E-state index in [1.54, 1.807) is 12.1 Å². The molecule has 0 aliphatic rings. The van der Waals surface area contributed by atoms with E-state index in [9.17, 15) is 10.1 Å². The van der Waals surface area contributed by atoms with E-state index >= 15 is 0 Å². The molecule has 18 heavy (non-hydrogen) atoms. The molecule has 0 radical (unpaired) electrons. The fourth-order valence-electron chi connectivity index (χ4n) is 1.25. The summed E-state index contributed by atoms with van der Waals surface area (Å²) in [6.07, 6.45) is 1.36. The summed E-state index contributed by atoms with van der Waals surface area (Å²) in [5.41, 5.74) is -0.138. The molecule has 0 fully saturated rings. The summed E-state index contributed by atoms with van der Waals surface area (Å²) in [5, 5.41) is 20.5. The van der Waals surface area contributed by atoms with Gasteiger partial charge in [-0.25, -0.2) is 4.98 Å². The first-order valence-corrected chi connectivity index (χ1v) is 6.02. The Morgan fingerprint density at radius 3 is 2.61 bits per heavy atom. The first kappa shape index (κ1) is 12.7. The van der Waals surface area contributed by atoms with Crippen molar-refractivity contribution in [2.24, 2.45) is 0 Å². The highest BCUT2D eigenvalue weighted by molar-refractivity contribution is 7.99. The molecule has 0 saturated heterocycles. The molecule has 0 atom stereocenters. The van der Waals surface area contributed by atoms with Crippen LogP contribution in [-0.2, 0) is 0 Å². The van der Waals surface area contributed by atoms with Crippen LogP contribution in [0.15, 0.2) is 46.5 Å². The summed E-state index contributed by atoms with van der Waals surface area (Å²) in [6.45, 7) is 0. The number of halogens is 1. The minimum atomic E-state index is -0.526. The third kappa shape index (κ3) is 2.91. The van der Waals surface area contributed by atoms with E-state index in [4.69, 9.17) is 16.7 Å². The molecule has 0 spiro atoms. The van der Waals surface area contributed by atoms with Gasteiger partial charge in [-0.3, -0.25) is 10.1 Å².